The van der Waals surface area contributed by atoms with E-state index in [0.717, 1.165) is 23.5 Å². The highest BCUT2D eigenvalue weighted by atomic mass is 32.2. The summed E-state index contributed by atoms with van der Waals surface area (Å²) in [6, 6.07) is 3.27. The molecule has 7 nitrogen and oxygen atoms in total. The predicted molar refractivity (Wildman–Crippen MR) is 96.6 cm³/mol. The van der Waals surface area contributed by atoms with Crippen LogP contribution in [0.1, 0.15) is 12.7 Å². The second-order valence-electron chi connectivity index (χ2n) is 5.59. The van der Waals surface area contributed by atoms with Gasteiger partial charge in [0.05, 0.1) is 10.9 Å². The largest absolute Gasteiger partial charge is 0.453 e. The van der Waals surface area contributed by atoms with Gasteiger partial charge in [0.25, 0.3) is 5.82 Å². The van der Waals surface area contributed by atoms with E-state index in [2.05, 4.69) is 20.5 Å². The Morgan fingerprint density at radius 3 is 2.62 bits per heavy atom. The summed E-state index contributed by atoms with van der Waals surface area (Å²) in [7, 11) is 0. The van der Waals surface area contributed by atoms with E-state index in [1.807, 2.05) is 0 Å². The Balaban J connectivity index is 1.67. The van der Waals surface area contributed by atoms with Gasteiger partial charge >= 0.3 is 6.18 Å². The van der Waals surface area contributed by atoms with E-state index in [1.165, 1.54) is 18.4 Å². The van der Waals surface area contributed by atoms with Gasteiger partial charge in [0.1, 0.15) is 0 Å². The molecule has 0 aliphatic heterocycles. The summed E-state index contributed by atoms with van der Waals surface area (Å²) in [6.07, 6.45) is -4.77. The first-order valence-corrected chi connectivity index (χ1v) is 9.48. The van der Waals surface area contributed by atoms with Crippen LogP contribution in [0.3, 0.4) is 0 Å². The van der Waals surface area contributed by atoms with Crippen molar-refractivity contribution in [3.05, 3.63) is 41.0 Å². The molecule has 0 aliphatic carbocycles. The van der Waals surface area contributed by atoms with Gasteiger partial charge in [-0.3, -0.25) is 4.79 Å². The van der Waals surface area contributed by atoms with Crippen LogP contribution in [-0.2, 0) is 11.0 Å². The molecule has 14 heteroatoms. The van der Waals surface area contributed by atoms with Crippen LogP contribution in [0.4, 0.5) is 27.1 Å². The number of carbonyl (C=O) groups excluding carboxylic acids is 1. The minimum Gasteiger partial charge on any atom is -0.335 e. The number of halogens is 5. The summed E-state index contributed by atoms with van der Waals surface area (Å²) < 4.78 is 64.7. The van der Waals surface area contributed by atoms with Crippen molar-refractivity contribution in [2.45, 2.75) is 23.5 Å². The zero-order valence-corrected chi connectivity index (χ0v) is 16.0. The van der Waals surface area contributed by atoms with Gasteiger partial charge in [0, 0.05) is 10.9 Å². The predicted octanol–water partition coefficient (Wildman–Crippen LogP) is 3.53. The Labute approximate surface area is 168 Å². The van der Waals surface area contributed by atoms with Crippen LogP contribution in [0.25, 0.3) is 11.3 Å². The van der Waals surface area contributed by atoms with Gasteiger partial charge in [-0.15, -0.1) is 21.5 Å². The molecule has 154 valence electrons. The Morgan fingerprint density at radius 2 is 2.00 bits per heavy atom. The molecule has 0 spiro atoms. The molecule has 3 aromatic rings. The third-order valence-corrected chi connectivity index (χ3v) is 5.33. The average Bonchev–Trinajstić information content (AvgIpc) is 3.24. The lowest BCUT2D eigenvalue weighted by Gasteiger charge is -2.10. The fourth-order valence-electron chi connectivity index (χ4n) is 2.09. The number of benzene rings is 1. The molecule has 0 saturated carbocycles. The highest BCUT2D eigenvalue weighted by molar-refractivity contribution is 8.00. The lowest BCUT2D eigenvalue weighted by Crippen LogP contribution is -2.25. The Kier molecular flexibility index (Phi) is 5.75. The Morgan fingerprint density at radius 1 is 1.28 bits per heavy atom. The van der Waals surface area contributed by atoms with E-state index in [0.29, 0.717) is 23.0 Å². The van der Waals surface area contributed by atoms with Gasteiger partial charge in [-0.1, -0.05) is 11.8 Å². The number of rotatable bonds is 5. The minimum absolute atomic E-state index is 0.173. The summed E-state index contributed by atoms with van der Waals surface area (Å²) in [5.74, 6) is 1.35. The number of thioether (sulfide) groups is 1. The smallest absolute Gasteiger partial charge is 0.335 e. The minimum atomic E-state index is -4.77. The molecule has 29 heavy (non-hydrogen) atoms. The number of carbonyl (C=O) groups is 1. The van der Waals surface area contributed by atoms with Crippen LogP contribution >= 0.6 is 23.1 Å². The quantitative estimate of drug-likeness (QED) is 0.351. The van der Waals surface area contributed by atoms with Crippen LogP contribution in [0.5, 0.6) is 0 Å². The van der Waals surface area contributed by atoms with E-state index in [-0.39, 0.29) is 15.0 Å². The van der Waals surface area contributed by atoms with Crippen molar-refractivity contribution in [1.82, 2.24) is 19.9 Å². The Bertz CT molecular complexity index is 1050. The Hall–Kier alpha value is -2.74. The number of nitrogens with zero attached hydrogens (tertiary/aromatic N) is 4. The van der Waals surface area contributed by atoms with E-state index in [1.54, 1.807) is 0 Å². The maximum Gasteiger partial charge on any atom is 0.453 e. The van der Waals surface area contributed by atoms with Crippen molar-refractivity contribution in [3.63, 3.8) is 0 Å². The molecule has 1 unspecified atom stereocenters. The molecule has 0 saturated heterocycles. The van der Waals surface area contributed by atoms with Gasteiger partial charge in [-0.05, 0) is 25.1 Å². The van der Waals surface area contributed by atoms with Crippen molar-refractivity contribution in [2.24, 2.45) is 0 Å². The number of aromatic nitrogens is 4. The maximum absolute atomic E-state index is 13.3. The number of thiazole rings is 1. The molecule has 1 amide bonds. The van der Waals surface area contributed by atoms with Crippen LogP contribution in [0.2, 0.25) is 0 Å². The van der Waals surface area contributed by atoms with E-state index >= 15 is 0 Å². The number of anilines is 1. The van der Waals surface area contributed by atoms with Gasteiger partial charge < -0.3 is 11.2 Å². The number of alkyl halides is 3. The molecule has 0 bridgehead atoms. The molecule has 0 radical (unpaired) electrons. The monoisotopic (exact) mass is 450 g/mol. The van der Waals surface area contributed by atoms with Crippen molar-refractivity contribution >= 4 is 34.1 Å². The van der Waals surface area contributed by atoms with Crippen LogP contribution < -0.4 is 11.2 Å². The van der Waals surface area contributed by atoms with E-state index in [4.69, 9.17) is 5.84 Å². The fourth-order valence-corrected chi connectivity index (χ4v) is 3.58. The van der Waals surface area contributed by atoms with Gasteiger partial charge in [-0.25, -0.2) is 18.4 Å². The standard InChI is InChI=1S/C15H11F5N6OS2/c1-6(29-14-25-24-12(26(14)21)15(18,19)20)11(27)23-13-22-10(5-28-13)7-2-3-8(16)9(17)4-7/h2-6H,21H2,1H3,(H,22,23,27). The molecule has 0 fully saturated rings. The summed E-state index contributed by atoms with van der Waals surface area (Å²) in [5.41, 5.74) is 0.639. The number of amides is 1. The second kappa shape index (κ2) is 7.94. The number of nitrogens with one attached hydrogen (secondary N) is 1. The lowest BCUT2D eigenvalue weighted by atomic mass is 10.2. The summed E-state index contributed by atoms with van der Waals surface area (Å²) >= 11 is 1.72. The highest BCUT2D eigenvalue weighted by Gasteiger charge is 2.38. The third kappa shape index (κ3) is 4.64. The van der Waals surface area contributed by atoms with E-state index < -0.39 is 34.8 Å². The molecule has 1 aromatic carbocycles. The van der Waals surface area contributed by atoms with Crippen LogP contribution in [-0.4, -0.2) is 31.0 Å². The SMILES string of the molecule is CC(Sc1nnc(C(F)(F)F)n1N)C(=O)Nc1nc(-c2ccc(F)c(F)c2)cs1. The number of hydrogen-bond donors (Lipinski definition) is 2. The first kappa shape index (κ1) is 21.0. The second-order valence-corrected chi connectivity index (χ2v) is 7.76. The van der Waals surface area contributed by atoms with Gasteiger partial charge in [-0.2, -0.15) is 13.2 Å². The molecule has 3 N–H and O–H groups in total. The number of nitrogen functional groups attached to an aromatic ring is 1. The normalized spacial score (nSPS) is 12.8. The fraction of sp³-hybridized carbons (Fsp3) is 0.200. The highest BCUT2D eigenvalue weighted by Crippen LogP contribution is 2.31. The first-order chi connectivity index (χ1) is 13.6. The zero-order chi connectivity index (χ0) is 21.3. The molecular weight excluding hydrogens is 439 g/mol. The summed E-state index contributed by atoms with van der Waals surface area (Å²) in [4.78, 5) is 16.4. The van der Waals surface area contributed by atoms with Crippen molar-refractivity contribution in [1.29, 1.82) is 0 Å². The molecule has 2 aromatic heterocycles. The molecule has 0 aliphatic rings. The van der Waals surface area contributed by atoms with E-state index in [9.17, 15) is 26.7 Å². The zero-order valence-electron chi connectivity index (χ0n) is 14.4. The topological polar surface area (TPSA) is 98.7 Å². The summed E-state index contributed by atoms with van der Waals surface area (Å²) in [5, 5.41) is 9.35. The number of hydrogen-bond acceptors (Lipinski definition) is 7. The van der Waals surface area contributed by atoms with Crippen LogP contribution in [0, 0.1) is 11.6 Å². The van der Waals surface area contributed by atoms with Crippen LogP contribution in [0.15, 0.2) is 28.7 Å². The maximum atomic E-state index is 13.3. The average molecular weight is 450 g/mol. The third-order valence-electron chi connectivity index (χ3n) is 3.52. The summed E-state index contributed by atoms with van der Waals surface area (Å²) in [6.45, 7) is 1.44. The van der Waals surface area contributed by atoms with Gasteiger partial charge in [0.2, 0.25) is 11.1 Å². The van der Waals surface area contributed by atoms with Crippen molar-refractivity contribution < 1.29 is 26.7 Å². The molecular formula is C15H11F5N6OS2. The van der Waals surface area contributed by atoms with Gasteiger partial charge in [0.15, 0.2) is 16.8 Å². The van der Waals surface area contributed by atoms with Crippen molar-refractivity contribution in [3.8, 4) is 11.3 Å². The lowest BCUT2D eigenvalue weighted by molar-refractivity contribution is -0.146. The molecule has 2 heterocycles. The van der Waals surface area contributed by atoms with Crippen molar-refractivity contribution in [2.75, 3.05) is 11.2 Å². The number of nitrogens with two attached hydrogens (primary N) is 1. The first-order valence-electron chi connectivity index (χ1n) is 7.72. The molecule has 3 rings (SSSR count). The molecule has 1 atom stereocenters.